The molecule has 1 aromatic heterocycles. The number of hydrogen-bond donors (Lipinski definition) is 0. The second-order valence-electron chi connectivity index (χ2n) is 4.74. The van der Waals surface area contributed by atoms with Gasteiger partial charge in [0.25, 0.3) is 0 Å². The summed E-state index contributed by atoms with van der Waals surface area (Å²) in [4.78, 5) is 4.46. The summed E-state index contributed by atoms with van der Waals surface area (Å²) in [6.07, 6.45) is 8.66. The Hall–Kier alpha value is -1.02. The van der Waals surface area contributed by atoms with Crippen LogP contribution in [-0.2, 0) is 6.42 Å². The number of aryl methyl sites for hydroxylation is 1. The zero-order valence-corrected chi connectivity index (χ0v) is 11.7. The van der Waals surface area contributed by atoms with E-state index in [1.807, 2.05) is 18.2 Å². The molecule has 0 aliphatic carbocycles. The minimum absolute atomic E-state index is 0.710. The summed E-state index contributed by atoms with van der Waals surface area (Å²) >= 11 is 5.92. The van der Waals surface area contributed by atoms with E-state index in [1.165, 1.54) is 32.1 Å². The van der Waals surface area contributed by atoms with Gasteiger partial charge in [-0.25, -0.2) is 4.98 Å². The van der Waals surface area contributed by atoms with Crippen molar-refractivity contribution in [3.63, 3.8) is 0 Å². The summed E-state index contributed by atoms with van der Waals surface area (Å²) < 4.78 is 5.68. The van der Waals surface area contributed by atoms with Crippen LogP contribution in [-0.4, -0.2) is 4.98 Å². The molecule has 2 rings (SSSR count). The molecule has 0 N–H and O–H groups in total. The maximum atomic E-state index is 5.92. The van der Waals surface area contributed by atoms with E-state index >= 15 is 0 Å². The van der Waals surface area contributed by atoms with Crippen LogP contribution in [0.1, 0.15) is 51.3 Å². The van der Waals surface area contributed by atoms with E-state index < -0.39 is 0 Å². The molecule has 0 bridgehead atoms. The highest BCUT2D eigenvalue weighted by Gasteiger charge is 2.05. The summed E-state index contributed by atoms with van der Waals surface area (Å²) in [6, 6.07) is 5.57. The van der Waals surface area contributed by atoms with Crippen LogP contribution in [0.4, 0.5) is 0 Å². The van der Waals surface area contributed by atoms with Crippen molar-refractivity contribution in [1.82, 2.24) is 4.98 Å². The number of benzene rings is 1. The Kier molecular flexibility index (Phi) is 5.06. The number of aromatic nitrogens is 1. The SMILES string of the molecule is CCCCCCCCc1nc2cc(Cl)ccc2o1. The molecule has 0 spiro atoms. The zero-order valence-electron chi connectivity index (χ0n) is 10.9. The number of unbranched alkanes of at least 4 members (excludes halogenated alkanes) is 5. The smallest absolute Gasteiger partial charge is 0.195 e. The Morgan fingerprint density at radius 1 is 1.11 bits per heavy atom. The molecule has 1 aromatic carbocycles. The number of rotatable bonds is 7. The maximum Gasteiger partial charge on any atom is 0.195 e. The molecule has 2 aromatic rings. The van der Waals surface area contributed by atoms with E-state index in [2.05, 4.69) is 11.9 Å². The third-order valence-corrected chi connectivity index (χ3v) is 3.37. The summed E-state index contributed by atoms with van der Waals surface area (Å²) in [5.41, 5.74) is 1.70. The van der Waals surface area contributed by atoms with E-state index in [0.717, 1.165) is 29.8 Å². The molecule has 18 heavy (non-hydrogen) atoms. The Labute approximate surface area is 113 Å². The Morgan fingerprint density at radius 3 is 2.72 bits per heavy atom. The molecule has 0 radical (unpaired) electrons. The van der Waals surface area contributed by atoms with Crippen LogP contribution in [0.3, 0.4) is 0 Å². The van der Waals surface area contributed by atoms with Crippen LogP contribution in [0, 0.1) is 0 Å². The first kappa shape index (κ1) is 13.4. The number of hydrogen-bond acceptors (Lipinski definition) is 2. The van der Waals surface area contributed by atoms with E-state index in [1.54, 1.807) is 0 Å². The van der Waals surface area contributed by atoms with Crippen molar-refractivity contribution < 1.29 is 4.42 Å². The van der Waals surface area contributed by atoms with Gasteiger partial charge in [-0.2, -0.15) is 0 Å². The van der Waals surface area contributed by atoms with Crippen molar-refractivity contribution in [3.8, 4) is 0 Å². The van der Waals surface area contributed by atoms with Crippen molar-refractivity contribution in [2.24, 2.45) is 0 Å². The van der Waals surface area contributed by atoms with Crippen molar-refractivity contribution in [1.29, 1.82) is 0 Å². The minimum Gasteiger partial charge on any atom is -0.441 e. The maximum absolute atomic E-state index is 5.92. The van der Waals surface area contributed by atoms with Gasteiger partial charge in [0.1, 0.15) is 5.52 Å². The molecule has 0 fully saturated rings. The molecule has 2 nitrogen and oxygen atoms in total. The van der Waals surface area contributed by atoms with Crippen LogP contribution < -0.4 is 0 Å². The number of halogens is 1. The van der Waals surface area contributed by atoms with Crippen LogP contribution in [0.15, 0.2) is 22.6 Å². The van der Waals surface area contributed by atoms with Crippen LogP contribution >= 0.6 is 11.6 Å². The van der Waals surface area contributed by atoms with Crippen molar-refractivity contribution in [3.05, 3.63) is 29.1 Å². The lowest BCUT2D eigenvalue weighted by molar-refractivity contribution is 0.505. The van der Waals surface area contributed by atoms with E-state index in [4.69, 9.17) is 16.0 Å². The number of nitrogens with zero attached hydrogens (tertiary/aromatic N) is 1. The van der Waals surface area contributed by atoms with E-state index in [0.29, 0.717) is 5.02 Å². The lowest BCUT2D eigenvalue weighted by Crippen LogP contribution is -1.86. The van der Waals surface area contributed by atoms with Gasteiger partial charge in [0.05, 0.1) is 0 Å². The molecule has 0 saturated carbocycles. The zero-order chi connectivity index (χ0) is 12.8. The largest absolute Gasteiger partial charge is 0.441 e. The fraction of sp³-hybridized carbons (Fsp3) is 0.533. The lowest BCUT2D eigenvalue weighted by atomic mass is 10.1. The average molecular weight is 266 g/mol. The van der Waals surface area contributed by atoms with E-state index in [9.17, 15) is 0 Å². The Bertz CT molecular complexity index is 492. The molecule has 0 aliphatic heterocycles. The van der Waals surface area contributed by atoms with Gasteiger partial charge in [0.2, 0.25) is 0 Å². The van der Waals surface area contributed by atoms with Gasteiger partial charge in [-0.1, -0.05) is 50.6 Å². The molecule has 1 heterocycles. The fourth-order valence-corrected chi connectivity index (χ4v) is 2.28. The quantitative estimate of drug-likeness (QED) is 0.628. The highest BCUT2D eigenvalue weighted by Crippen LogP contribution is 2.21. The number of oxazole rings is 1. The summed E-state index contributed by atoms with van der Waals surface area (Å²) in [6.45, 7) is 2.24. The monoisotopic (exact) mass is 265 g/mol. The molecule has 0 amide bonds. The molecule has 0 saturated heterocycles. The van der Waals surface area contributed by atoms with Gasteiger partial charge >= 0.3 is 0 Å². The van der Waals surface area contributed by atoms with Gasteiger partial charge in [-0.3, -0.25) is 0 Å². The predicted octanol–water partition coefficient (Wildman–Crippen LogP) is 5.38. The van der Waals surface area contributed by atoms with E-state index in [-0.39, 0.29) is 0 Å². The van der Waals surface area contributed by atoms with Gasteiger partial charge in [-0.15, -0.1) is 0 Å². The third-order valence-electron chi connectivity index (χ3n) is 3.14. The van der Waals surface area contributed by atoms with Gasteiger partial charge in [0.15, 0.2) is 11.5 Å². The normalized spacial score (nSPS) is 11.2. The summed E-state index contributed by atoms with van der Waals surface area (Å²) in [5.74, 6) is 0.836. The average Bonchev–Trinajstić information content (AvgIpc) is 2.75. The topological polar surface area (TPSA) is 26.0 Å². The predicted molar refractivity (Wildman–Crippen MR) is 76.1 cm³/mol. The van der Waals surface area contributed by atoms with Gasteiger partial charge in [-0.05, 0) is 24.6 Å². The van der Waals surface area contributed by atoms with Crippen molar-refractivity contribution in [2.75, 3.05) is 0 Å². The standard InChI is InChI=1S/C15H20ClNO/c1-2-3-4-5-6-7-8-15-17-13-11-12(16)9-10-14(13)18-15/h9-11H,2-8H2,1H3. The van der Waals surface area contributed by atoms with Crippen LogP contribution in [0.2, 0.25) is 5.02 Å². The first-order valence-corrected chi connectivity index (χ1v) is 7.22. The second-order valence-corrected chi connectivity index (χ2v) is 5.17. The summed E-state index contributed by atoms with van der Waals surface area (Å²) in [7, 11) is 0. The molecule has 98 valence electrons. The minimum atomic E-state index is 0.710. The molecule has 3 heteroatoms. The molecular formula is C15H20ClNO. The second kappa shape index (κ2) is 6.79. The first-order valence-electron chi connectivity index (χ1n) is 6.84. The fourth-order valence-electron chi connectivity index (χ4n) is 2.11. The Balaban J connectivity index is 1.81. The van der Waals surface area contributed by atoms with Crippen LogP contribution in [0.5, 0.6) is 0 Å². The molecule has 0 aliphatic rings. The molecular weight excluding hydrogens is 246 g/mol. The lowest BCUT2D eigenvalue weighted by Gasteiger charge is -1.97. The van der Waals surface area contributed by atoms with Crippen LogP contribution in [0.25, 0.3) is 11.1 Å². The van der Waals surface area contributed by atoms with Crippen molar-refractivity contribution in [2.45, 2.75) is 51.9 Å². The summed E-state index contributed by atoms with van der Waals surface area (Å²) in [5, 5.41) is 0.710. The third kappa shape index (κ3) is 3.74. The highest BCUT2D eigenvalue weighted by atomic mass is 35.5. The number of fused-ring (bicyclic) bond motifs is 1. The Morgan fingerprint density at radius 2 is 1.89 bits per heavy atom. The first-order chi connectivity index (χ1) is 8.79. The highest BCUT2D eigenvalue weighted by molar-refractivity contribution is 6.31. The van der Waals surface area contributed by atoms with Gasteiger partial charge in [0, 0.05) is 11.4 Å². The van der Waals surface area contributed by atoms with Gasteiger partial charge < -0.3 is 4.42 Å². The molecule has 0 unspecified atom stereocenters. The molecule has 0 atom stereocenters. The van der Waals surface area contributed by atoms with Crippen molar-refractivity contribution >= 4 is 22.7 Å².